The van der Waals surface area contributed by atoms with Gasteiger partial charge in [-0.1, -0.05) is 12.1 Å². The highest BCUT2D eigenvalue weighted by Gasteiger charge is 2.18. The second-order valence-corrected chi connectivity index (χ2v) is 3.20. The van der Waals surface area contributed by atoms with E-state index in [0.717, 1.165) is 16.3 Å². The van der Waals surface area contributed by atoms with Crippen LogP contribution in [0.2, 0.25) is 0 Å². The Morgan fingerprint density at radius 2 is 1.93 bits per heavy atom. The first-order chi connectivity index (χ1) is 6.74. The van der Waals surface area contributed by atoms with Crippen LogP contribution < -0.4 is 0 Å². The molecular weight excluding hydrogens is 176 g/mol. The first kappa shape index (κ1) is 8.52. The Morgan fingerprint density at radius 1 is 1.14 bits per heavy atom. The molecule has 0 amide bonds. The maximum Gasteiger partial charge on any atom is 0.433 e. The number of benzene rings is 2. The lowest BCUT2D eigenvalue weighted by atomic mass is 10.0. The number of diazo groups is 1. The van der Waals surface area contributed by atoms with Crippen molar-refractivity contribution in [1.82, 2.24) is 0 Å². The molecule has 0 saturated heterocycles. The van der Waals surface area contributed by atoms with Crippen molar-refractivity contribution in [3.05, 3.63) is 40.9 Å². The van der Waals surface area contributed by atoms with E-state index in [9.17, 15) is 5.11 Å². The molecule has 0 heterocycles. The van der Waals surface area contributed by atoms with Crippen LogP contribution in [-0.2, 0) is 0 Å². The lowest BCUT2D eigenvalue weighted by molar-refractivity contribution is 0.479. The van der Waals surface area contributed by atoms with Crippen molar-refractivity contribution < 1.29 is 5.11 Å². The second kappa shape index (κ2) is 3.00. The molecule has 0 radical (unpaired) electrons. The number of phenols is 1. The van der Waals surface area contributed by atoms with Gasteiger partial charge < -0.3 is 5.11 Å². The van der Waals surface area contributed by atoms with E-state index in [1.54, 1.807) is 0 Å². The summed E-state index contributed by atoms with van der Waals surface area (Å²) < 4.78 is 0. The number of fused-ring (bicyclic) bond motifs is 1. The van der Waals surface area contributed by atoms with Gasteiger partial charge in [0.1, 0.15) is 0 Å². The molecular formula is C11H9N2O+. The van der Waals surface area contributed by atoms with Crippen LogP contribution in [0.1, 0.15) is 5.56 Å². The minimum absolute atomic E-state index is 0.00870. The number of phenolic OH excluding ortho intramolecular Hbond substituents is 1. The summed E-state index contributed by atoms with van der Waals surface area (Å²) in [6, 6.07) is 9.00. The zero-order chi connectivity index (χ0) is 10.1. The number of hydrogen-bond acceptors (Lipinski definition) is 2. The normalized spacial score (nSPS) is 10.0. The molecule has 1 N–H and O–H groups in total. The summed E-state index contributed by atoms with van der Waals surface area (Å²) in [5.41, 5.74) is 1.32. The predicted octanol–water partition coefficient (Wildman–Crippen LogP) is 3.34. The van der Waals surface area contributed by atoms with Crippen LogP contribution in [0, 0.1) is 12.3 Å². The topological polar surface area (TPSA) is 48.4 Å². The van der Waals surface area contributed by atoms with Crippen molar-refractivity contribution in [3.8, 4) is 5.75 Å². The van der Waals surface area contributed by atoms with Crippen LogP contribution in [-0.4, -0.2) is 5.11 Å². The number of aromatic hydroxyl groups is 1. The summed E-state index contributed by atoms with van der Waals surface area (Å²) in [7, 11) is 0. The molecule has 0 aliphatic carbocycles. The zero-order valence-electron chi connectivity index (χ0n) is 7.73. The minimum atomic E-state index is -0.00870. The van der Waals surface area contributed by atoms with Gasteiger partial charge in [0.15, 0.2) is 4.98 Å². The fourth-order valence-corrected chi connectivity index (χ4v) is 1.59. The highest BCUT2D eigenvalue weighted by atomic mass is 16.3. The maximum absolute atomic E-state index is 9.45. The fourth-order valence-electron chi connectivity index (χ4n) is 1.59. The Morgan fingerprint density at radius 3 is 2.64 bits per heavy atom. The summed E-state index contributed by atoms with van der Waals surface area (Å²) in [6.45, 7) is 1.97. The summed E-state index contributed by atoms with van der Waals surface area (Å²) in [5, 5.41) is 20.0. The third-order valence-corrected chi connectivity index (χ3v) is 2.33. The van der Waals surface area contributed by atoms with E-state index in [-0.39, 0.29) is 11.4 Å². The number of nitrogens with zero attached hydrogens (tertiary/aromatic N) is 2. The Balaban J connectivity index is 2.97. The van der Waals surface area contributed by atoms with E-state index < -0.39 is 0 Å². The summed E-state index contributed by atoms with van der Waals surface area (Å²) >= 11 is 0. The molecule has 68 valence electrons. The molecule has 2 aromatic carbocycles. The van der Waals surface area contributed by atoms with Crippen molar-refractivity contribution in [1.29, 1.82) is 5.39 Å². The quantitative estimate of drug-likeness (QED) is 0.640. The van der Waals surface area contributed by atoms with Gasteiger partial charge in [0.2, 0.25) is 11.1 Å². The van der Waals surface area contributed by atoms with Crippen LogP contribution in [0.15, 0.2) is 30.3 Å². The second-order valence-electron chi connectivity index (χ2n) is 3.20. The van der Waals surface area contributed by atoms with Gasteiger partial charge in [0.05, 0.1) is 5.39 Å². The molecule has 0 aromatic heterocycles. The first-order valence-electron chi connectivity index (χ1n) is 4.30. The third kappa shape index (κ3) is 1.09. The Labute approximate surface area is 81.2 Å². The summed E-state index contributed by atoms with van der Waals surface area (Å²) in [6.07, 6.45) is 0. The van der Waals surface area contributed by atoms with Crippen LogP contribution in [0.25, 0.3) is 15.7 Å². The van der Waals surface area contributed by atoms with Crippen molar-refractivity contribution in [3.63, 3.8) is 0 Å². The number of hydrogen-bond donors (Lipinski definition) is 1. The van der Waals surface area contributed by atoms with E-state index in [2.05, 4.69) is 4.98 Å². The van der Waals surface area contributed by atoms with Crippen molar-refractivity contribution >= 4 is 16.5 Å². The van der Waals surface area contributed by atoms with Gasteiger partial charge in [-0.2, -0.15) is 0 Å². The predicted molar refractivity (Wildman–Crippen MR) is 55.1 cm³/mol. The van der Waals surface area contributed by atoms with Gasteiger partial charge in [-0.25, -0.2) is 0 Å². The first-order valence-corrected chi connectivity index (χ1v) is 4.30. The fraction of sp³-hybridized carbons (Fsp3) is 0.0909. The van der Waals surface area contributed by atoms with Gasteiger partial charge in [-0.3, -0.25) is 0 Å². The van der Waals surface area contributed by atoms with E-state index >= 15 is 0 Å². The molecule has 2 rings (SSSR count). The monoisotopic (exact) mass is 185 g/mol. The molecule has 0 unspecified atom stereocenters. The average Bonchev–Trinajstić information content (AvgIpc) is 2.18. The summed E-state index contributed by atoms with van der Waals surface area (Å²) in [4.78, 5) is 3.09. The number of rotatable bonds is 0. The molecule has 2 aromatic rings. The molecule has 0 atom stereocenters. The van der Waals surface area contributed by atoms with Crippen LogP contribution in [0.3, 0.4) is 0 Å². The SMILES string of the molecule is Cc1cccc2c([N+]#N)c(O)ccc12. The molecule has 0 aliphatic rings. The van der Waals surface area contributed by atoms with Gasteiger partial charge >= 0.3 is 5.69 Å². The molecule has 0 fully saturated rings. The van der Waals surface area contributed by atoms with Gasteiger partial charge in [-0.05, 0) is 36.1 Å². The van der Waals surface area contributed by atoms with E-state index in [1.807, 2.05) is 31.2 Å². The Kier molecular flexibility index (Phi) is 1.83. The molecule has 3 heteroatoms. The highest BCUT2D eigenvalue weighted by Crippen LogP contribution is 2.35. The van der Waals surface area contributed by atoms with Gasteiger partial charge in [-0.15, -0.1) is 0 Å². The van der Waals surface area contributed by atoms with Crippen molar-refractivity contribution in [2.75, 3.05) is 0 Å². The van der Waals surface area contributed by atoms with Crippen LogP contribution in [0.5, 0.6) is 5.75 Å². The smallest absolute Gasteiger partial charge is 0.433 e. The zero-order valence-corrected chi connectivity index (χ0v) is 7.73. The number of aryl methyl sites for hydroxylation is 1. The van der Waals surface area contributed by atoms with Crippen molar-refractivity contribution in [2.24, 2.45) is 0 Å². The third-order valence-electron chi connectivity index (χ3n) is 2.33. The van der Waals surface area contributed by atoms with Gasteiger partial charge in [0, 0.05) is 0 Å². The lowest BCUT2D eigenvalue weighted by Gasteiger charge is -1.99. The largest absolute Gasteiger partial charge is 0.501 e. The average molecular weight is 185 g/mol. The minimum Gasteiger partial charge on any atom is -0.501 e. The van der Waals surface area contributed by atoms with E-state index in [1.165, 1.54) is 6.07 Å². The Bertz CT molecular complexity index is 541. The molecule has 14 heavy (non-hydrogen) atoms. The highest BCUT2D eigenvalue weighted by molar-refractivity contribution is 5.98. The molecule has 0 spiro atoms. The lowest BCUT2D eigenvalue weighted by Crippen LogP contribution is -1.78. The van der Waals surface area contributed by atoms with Crippen molar-refractivity contribution in [2.45, 2.75) is 6.92 Å². The standard InChI is InChI=1S/C11H8N2O/c1-7-3-2-4-9-8(7)5-6-10(14)11(9)13-12/h2-6H,1H3/p+1. The van der Waals surface area contributed by atoms with Crippen LogP contribution in [0.4, 0.5) is 5.69 Å². The van der Waals surface area contributed by atoms with Crippen LogP contribution >= 0.6 is 0 Å². The maximum atomic E-state index is 9.45. The molecule has 0 aliphatic heterocycles. The summed E-state index contributed by atoms with van der Waals surface area (Å²) in [5.74, 6) is -0.00870. The van der Waals surface area contributed by atoms with Gasteiger partial charge in [0.25, 0.3) is 0 Å². The molecule has 3 nitrogen and oxygen atoms in total. The van der Waals surface area contributed by atoms with E-state index in [4.69, 9.17) is 5.39 Å². The van der Waals surface area contributed by atoms with E-state index in [0.29, 0.717) is 0 Å². The molecule has 0 saturated carbocycles. The molecule has 0 bridgehead atoms. The Hall–Kier alpha value is -2.08.